The molecule has 132 valence electrons. The SMILES string of the molecule is COC(=O)n1cc(C(=O)C2CSN(c3cccnc3)C2)c2ccccc21. The number of anilines is 1. The summed E-state index contributed by atoms with van der Waals surface area (Å²) in [6.45, 7) is 0.618. The molecule has 1 saturated heterocycles. The van der Waals surface area contributed by atoms with Crippen molar-refractivity contribution in [3.05, 3.63) is 60.6 Å². The zero-order valence-corrected chi connectivity index (χ0v) is 15.0. The Labute approximate surface area is 154 Å². The van der Waals surface area contributed by atoms with Gasteiger partial charge in [0.25, 0.3) is 0 Å². The molecule has 2 aromatic heterocycles. The number of fused-ring (bicyclic) bond motifs is 1. The number of hydrogen-bond acceptors (Lipinski definition) is 6. The lowest BCUT2D eigenvalue weighted by atomic mass is 9.98. The molecule has 1 unspecified atom stereocenters. The summed E-state index contributed by atoms with van der Waals surface area (Å²) >= 11 is 1.62. The zero-order chi connectivity index (χ0) is 18.1. The standard InChI is InChI=1S/C19H17N3O3S/c1-25-19(24)21-11-16(15-6-2-3-7-17(15)21)18(23)13-10-22(26-12-13)14-5-4-8-20-9-14/h2-9,11,13H,10,12H2,1H3. The van der Waals surface area contributed by atoms with Gasteiger partial charge in [0.2, 0.25) is 0 Å². The monoisotopic (exact) mass is 367 g/mol. The maximum atomic E-state index is 13.1. The lowest BCUT2D eigenvalue weighted by molar-refractivity contribution is 0.0942. The average molecular weight is 367 g/mol. The van der Waals surface area contributed by atoms with E-state index in [0.717, 1.165) is 11.1 Å². The van der Waals surface area contributed by atoms with Gasteiger partial charge in [0, 0.05) is 35.6 Å². The quantitative estimate of drug-likeness (QED) is 0.520. The van der Waals surface area contributed by atoms with Crippen LogP contribution in [-0.2, 0) is 4.74 Å². The second-order valence-electron chi connectivity index (χ2n) is 6.03. The van der Waals surface area contributed by atoms with E-state index in [2.05, 4.69) is 9.29 Å². The third-order valence-electron chi connectivity index (χ3n) is 4.47. The molecule has 0 spiro atoms. The fraction of sp³-hybridized carbons (Fsp3) is 0.211. The van der Waals surface area contributed by atoms with E-state index in [9.17, 15) is 9.59 Å². The zero-order valence-electron chi connectivity index (χ0n) is 14.2. The van der Waals surface area contributed by atoms with Crippen molar-refractivity contribution in [2.75, 3.05) is 23.7 Å². The van der Waals surface area contributed by atoms with E-state index < -0.39 is 6.09 Å². The average Bonchev–Trinajstić information content (AvgIpc) is 3.33. The second kappa shape index (κ2) is 6.84. The molecular weight excluding hydrogens is 350 g/mol. The Morgan fingerprint density at radius 2 is 2.08 bits per heavy atom. The maximum Gasteiger partial charge on any atom is 0.418 e. The fourth-order valence-corrected chi connectivity index (χ4v) is 4.33. The van der Waals surface area contributed by atoms with Gasteiger partial charge in [-0.3, -0.25) is 14.3 Å². The smallest absolute Gasteiger partial charge is 0.418 e. The normalized spacial score (nSPS) is 16.8. The molecule has 0 radical (unpaired) electrons. The molecule has 1 fully saturated rings. The molecule has 0 bridgehead atoms. The van der Waals surface area contributed by atoms with Crippen molar-refractivity contribution in [2.45, 2.75) is 0 Å². The van der Waals surface area contributed by atoms with E-state index in [-0.39, 0.29) is 11.7 Å². The molecular formula is C19H17N3O3S. The van der Waals surface area contributed by atoms with Gasteiger partial charge in [-0.2, -0.15) is 0 Å². The number of Topliss-reactive ketones (excluding diaryl/α,β-unsaturated/α-hetero) is 1. The van der Waals surface area contributed by atoms with Crippen molar-refractivity contribution in [1.82, 2.24) is 9.55 Å². The largest absolute Gasteiger partial charge is 0.452 e. The highest BCUT2D eigenvalue weighted by Gasteiger charge is 2.32. The van der Waals surface area contributed by atoms with Crippen LogP contribution in [0.15, 0.2) is 55.0 Å². The summed E-state index contributed by atoms with van der Waals surface area (Å²) in [5.41, 5.74) is 2.23. The molecule has 1 aliphatic rings. The van der Waals surface area contributed by atoms with Gasteiger partial charge >= 0.3 is 6.09 Å². The van der Waals surface area contributed by atoms with Gasteiger partial charge in [-0.25, -0.2) is 4.79 Å². The van der Waals surface area contributed by atoms with E-state index in [4.69, 9.17) is 4.74 Å². The molecule has 0 aliphatic carbocycles. The predicted molar refractivity (Wildman–Crippen MR) is 102 cm³/mol. The van der Waals surface area contributed by atoms with E-state index in [1.165, 1.54) is 11.7 Å². The highest BCUT2D eigenvalue weighted by molar-refractivity contribution is 8.00. The minimum atomic E-state index is -0.502. The molecule has 0 saturated carbocycles. The Hall–Kier alpha value is -2.80. The number of ether oxygens (including phenoxy) is 1. The van der Waals surface area contributed by atoms with Crippen molar-refractivity contribution < 1.29 is 14.3 Å². The summed E-state index contributed by atoms with van der Waals surface area (Å²) in [6, 6.07) is 11.3. The first-order valence-electron chi connectivity index (χ1n) is 8.22. The third-order valence-corrected chi connectivity index (χ3v) is 5.69. The Morgan fingerprint density at radius 1 is 1.23 bits per heavy atom. The van der Waals surface area contributed by atoms with Crippen LogP contribution in [0.4, 0.5) is 10.5 Å². The summed E-state index contributed by atoms with van der Waals surface area (Å²) in [4.78, 5) is 29.3. The Balaban J connectivity index is 1.64. The molecule has 3 heterocycles. The van der Waals surface area contributed by atoms with Gasteiger partial charge in [0.1, 0.15) is 0 Å². The molecule has 3 aromatic rings. The van der Waals surface area contributed by atoms with Crippen LogP contribution in [0.1, 0.15) is 10.4 Å². The van der Waals surface area contributed by atoms with Crippen LogP contribution < -0.4 is 4.31 Å². The second-order valence-corrected chi connectivity index (χ2v) is 7.06. The Bertz CT molecular complexity index is 971. The molecule has 1 atom stereocenters. The topological polar surface area (TPSA) is 64.4 Å². The van der Waals surface area contributed by atoms with Crippen LogP contribution in [0.3, 0.4) is 0 Å². The summed E-state index contributed by atoms with van der Waals surface area (Å²) < 4.78 is 8.32. The van der Waals surface area contributed by atoms with Crippen molar-refractivity contribution in [2.24, 2.45) is 5.92 Å². The van der Waals surface area contributed by atoms with Crippen LogP contribution in [0, 0.1) is 5.92 Å². The maximum absolute atomic E-state index is 13.1. The van der Waals surface area contributed by atoms with Crippen molar-refractivity contribution in [3.63, 3.8) is 0 Å². The predicted octanol–water partition coefficient (Wildman–Crippen LogP) is 3.62. The number of ketones is 1. The highest BCUT2D eigenvalue weighted by Crippen LogP contribution is 2.34. The van der Waals surface area contributed by atoms with E-state index >= 15 is 0 Å². The van der Waals surface area contributed by atoms with Gasteiger partial charge in [0.15, 0.2) is 5.78 Å². The minimum absolute atomic E-state index is 0.0442. The van der Waals surface area contributed by atoms with Crippen LogP contribution in [0.25, 0.3) is 10.9 Å². The van der Waals surface area contributed by atoms with Crippen LogP contribution in [0.2, 0.25) is 0 Å². The molecule has 0 N–H and O–H groups in total. The van der Waals surface area contributed by atoms with Crippen LogP contribution >= 0.6 is 11.9 Å². The van der Waals surface area contributed by atoms with Crippen LogP contribution in [0.5, 0.6) is 0 Å². The highest BCUT2D eigenvalue weighted by atomic mass is 32.2. The van der Waals surface area contributed by atoms with E-state index in [0.29, 0.717) is 23.4 Å². The lowest BCUT2D eigenvalue weighted by Gasteiger charge is -2.15. The molecule has 0 amide bonds. The molecule has 4 rings (SSSR count). The number of pyridine rings is 1. The fourth-order valence-electron chi connectivity index (χ4n) is 3.17. The number of rotatable bonds is 3. The molecule has 7 heteroatoms. The first kappa shape index (κ1) is 16.7. The molecule has 1 aromatic carbocycles. The minimum Gasteiger partial charge on any atom is -0.452 e. The first-order chi connectivity index (χ1) is 12.7. The number of nitrogens with zero attached hydrogens (tertiary/aromatic N) is 3. The molecule has 1 aliphatic heterocycles. The van der Waals surface area contributed by atoms with Crippen molar-refractivity contribution in [1.29, 1.82) is 0 Å². The summed E-state index contributed by atoms with van der Waals surface area (Å²) in [5, 5.41) is 0.771. The molecule has 6 nitrogen and oxygen atoms in total. The number of carbonyl (C=O) groups is 2. The van der Waals surface area contributed by atoms with Gasteiger partial charge in [-0.05, 0) is 30.1 Å². The Kier molecular flexibility index (Phi) is 4.38. The number of carbonyl (C=O) groups excluding carboxylic acids is 2. The Morgan fingerprint density at radius 3 is 2.85 bits per heavy atom. The van der Waals surface area contributed by atoms with E-state index in [1.54, 1.807) is 30.5 Å². The number of methoxy groups -OCH3 is 1. The van der Waals surface area contributed by atoms with Gasteiger partial charge in [-0.1, -0.05) is 18.2 Å². The lowest BCUT2D eigenvalue weighted by Crippen LogP contribution is -2.22. The van der Waals surface area contributed by atoms with Crippen molar-refractivity contribution in [3.8, 4) is 0 Å². The summed E-state index contributed by atoms with van der Waals surface area (Å²) in [5.74, 6) is 0.603. The van der Waals surface area contributed by atoms with Crippen LogP contribution in [-0.4, -0.2) is 40.8 Å². The van der Waals surface area contributed by atoms with Gasteiger partial charge in [0.05, 0.1) is 30.4 Å². The number of hydrogen-bond donors (Lipinski definition) is 0. The number of benzene rings is 1. The van der Waals surface area contributed by atoms with Gasteiger partial charge in [-0.15, -0.1) is 0 Å². The summed E-state index contributed by atoms with van der Waals surface area (Å²) in [6.07, 6.45) is 4.62. The first-order valence-corrected chi connectivity index (χ1v) is 9.16. The number of para-hydroxylation sites is 1. The van der Waals surface area contributed by atoms with E-state index in [1.807, 2.05) is 36.4 Å². The third kappa shape index (κ3) is 2.84. The summed E-state index contributed by atoms with van der Waals surface area (Å²) in [7, 11) is 1.33. The van der Waals surface area contributed by atoms with Crippen molar-refractivity contribution >= 4 is 40.4 Å². The van der Waals surface area contributed by atoms with Gasteiger partial charge < -0.3 is 9.04 Å². The molecule has 26 heavy (non-hydrogen) atoms. The number of aromatic nitrogens is 2.